The van der Waals surface area contributed by atoms with Crippen LogP contribution in [0, 0.1) is 0 Å². The fourth-order valence-electron chi connectivity index (χ4n) is 3.31. The molecule has 2 heterocycles. The number of imide groups is 1. The largest absolute Gasteiger partial charge is 0.452 e. The highest BCUT2D eigenvalue weighted by Crippen LogP contribution is 2.34. The fourth-order valence-corrected chi connectivity index (χ4v) is 3.31. The van der Waals surface area contributed by atoms with Crippen LogP contribution in [0.4, 0.5) is 9.59 Å². The number of hydrogen-bond donors (Lipinski definition) is 1. The molecule has 2 fully saturated rings. The van der Waals surface area contributed by atoms with Gasteiger partial charge in [0.2, 0.25) is 0 Å². The molecule has 2 aliphatic heterocycles. The Morgan fingerprint density at radius 2 is 1.91 bits per heavy atom. The first-order valence-electron chi connectivity index (χ1n) is 7.66. The van der Waals surface area contributed by atoms with Crippen molar-refractivity contribution in [3.63, 3.8) is 0 Å². The van der Waals surface area contributed by atoms with Crippen LogP contribution in [-0.2, 0) is 4.74 Å². The van der Waals surface area contributed by atoms with Gasteiger partial charge in [0.25, 0.3) is 0 Å². The van der Waals surface area contributed by atoms with Crippen molar-refractivity contribution in [1.82, 2.24) is 15.1 Å². The summed E-state index contributed by atoms with van der Waals surface area (Å²) in [5.41, 5.74) is 1.06. The van der Waals surface area contributed by atoms with E-state index >= 15 is 0 Å². The van der Waals surface area contributed by atoms with E-state index in [1.807, 2.05) is 35.2 Å². The fraction of sp³-hybridized carbons (Fsp3) is 0.500. The summed E-state index contributed by atoms with van der Waals surface area (Å²) < 4.78 is 4.75. The number of ether oxygens (including phenoxy) is 1. The van der Waals surface area contributed by atoms with E-state index in [2.05, 4.69) is 5.32 Å². The molecular weight excluding hydrogens is 282 g/mol. The zero-order valence-electron chi connectivity index (χ0n) is 12.7. The van der Waals surface area contributed by atoms with Gasteiger partial charge in [-0.05, 0) is 31.5 Å². The van der Waals surface area contributed by atoms with Gasteiger partial charge in [0.15, 0.2) is 0 Å². The molecule has 0 aliphatic carbocycles. The Bertz CT molecular complexity index is 543. The quantitative estimate of drug-likeness (QED) is 0.907. The summed E-state index contributed by atoms with van der Waals surface area (Å²) in [7, 11) is 1.31. The number of hydrogen-bond acceptors (Lipinski definition) is 4. The Morgan fingerprint density at radius 3 is 2.55 bits per heavy atom. The van der Waals surface area contributed by atoms with Crippen LogP contribution in [-0.4, -0.2) is 54.7 Å². The molecule has 0 radical (unpaired) electrons. The highest BCUT2D eigenvalue weighted by Gasteiger charge is 2.45. The first kappa shape index (κ1) is 14.8. The maximum atomic E-state index is 12.7. The van der Waals surface area contributed by atoms with E-state index in [9.17, 15) is 9.59 Å². The molecule has 1 unspecified atom stereocenters. The minimum Gasteiger partial charge on any atom is -0.452 e. The summed E-state index contributed by atoms with van der Waals surface area (Å²) in [6.07, 6.45) is 1.23. The van der Waals surface area contributed by atoms with E-state index < -0.39 is 6.09 Å². The van der Waals surface area contributed by atoms with E-state index in [1.165, 1.54) is 12.0 Å². The molecule has 118 valence electrons. The highest BCUT2D eigenvalue weighted by atomic mass is 16.5. The molecule has 6 heteroatoms. The zero-order chi connectivity index (χ0) is 15.5. The topological polar surface area (TPSA) is 61.9 Å². The van der Waals surface area contributed by atoms with Gasteiger partial charge in [-0.1, -0.05) is 30.3 Å². The number of amides is 3. The molecule has 1 atom stereocenters. The van der Waals surface area contributed by atoms with E-state index in [1.54, 1.807) is 0 Å². The lowest BCUT2D eigenvalue weighted by molar-refractivity contribution is 0.128. The van der Waals surface area contributed by atoms with Gasteiger partial charge in [0.05, 0.1) is 19.7 Å². The molecule has 0 spiro atoms. The van der Waals surface area contributed by atoms with Crippen molar-refractivity contribution in [3.05, 3.63) is 35.9 Å². The SMILES string of the molecule is COC(=O)N1CC(c2ccccc2)N(C2CCNCC2)C1=O. The summed E-state index contributed by atoms with van der Waals surface area (Å²) in [6, 6.07) is 9.70. The lowest BCUT2D eigenvalue weighted by Gasteiger charge is -2.35. The second-order valence-electron chi connectivity index (χ2n) is 5.68. The molecule has 3 rings (SSSR count). The van der Waals surface area contributed by atoms with Crippen molar-refractivity contribution in [2.45, 2.75) is 24.9 Å². The van der Waals surface area contributed by atoms with E-state index in [4.69, 9.17) is 4.74 Å². The predicted octanol–water partition coefficient (Wildman–Crippen LogP) is 1.98. The summed E-state index contributed by atoms with van der Waals surface area (Å²) in [5.74, 6) is 0. The molecule has 1 aromatic carbocycles. The summed E-state index contributed by atoms with van der Waals surface area (Å²) in [6.45, 7) is 2.14. The van der Waals surface area contributed by atoms with Gasteiger partial charge in [0.1, 0.15) is 0 Å². The Hall–Kier alpha value is -2.08. The molecular formula is C16H21N3O3. The Morgan fingerprint density at radius 1 is 1.23 bits per heavy atom. The zero-order valence-corrected chi connectivity index (χ0v) is 12.7. The van der Waals surface area contributed by atoms with Crippen LogP contribution in [0.1, 0.15) is 24.4 Å². The summed E-state index contributed by atoms with van der Waals surface area (Å²) in [5, 5.41) is 3.31. The minimum atomic E-state index is -0.581. The third-order valence-corrected chi connectivity index (χ3v) is 4.42. The Labute approximate surface area is 130 Å². The van der Waals surface area contributed by atoms with Crippen LogP contribution in [0.3, 0.4) is 0 Å². The lowest BCUT2D eigenvalue weighted by atomic mass is 10.00. The van der Waals surface area contributed by atoms with Gasteiger partial charge in [0, 0.05) is 6.04 Å². The molecule has 1 N–H and O–H groups in total. The normalized spacial score (nSPS) is 23.0. The van der Waals surface area contributed by atoms with Crippen LogP contribution >= 0.6 is 0 Å². The number of carbonyl (C=O) groups is 2. The first-order valence-corrected chi connectivity index (χ1v) is 7.66. The van der Waals surface area contributed by atoms with E-state index in [0.29, 0.717) is 6.54 Å². The third-order valence-electron chi connectivity index (χ3n) is 4.42. The van der Waals surface area contributed by atoms with Gasteiger partial charge in [-0.25, -0.2) is 14.5 Å². The van der Waals surface area contributed by atoms with Crippen molar-refractivity contribution >= 4 is 12.1 Å². The standard InChI is InChI=1S/C16H21N3O3/c1-22-16(21)18-11-14(12-5-3-2-4-6-12)19(15(18)20)13-7-9-17-10-8-13/h2-6,13-14,17H,7-11H2,1H3. The summed E-state index contributed by atoms with van der Waals surface area (Å²) >= 11 is 0. The smallest absolute Gasteiger partial charge is 0.417 e. The second-order valence-corrected chi connectivity index (χ2v) is 5.68. The molecule has 1 aromatic rings. The van der Waals surface area contributed by atoms with Crippen molar-refractivity contribution in [2.24, 2.45) is 0 Å². The number of carbonyl (C=O) groups excluding carboxylic acids is 2. The van der Waals surface area contributed by atoms with E-state index in [0.717, 1.165) is 31.5 Å². The van der Waals surface area contributed by atoms with E-state index in [-0.39, 0.29) is 18.1 Å². The molecule has 3 amide bonds. The monoisotopic (exact) mass is 303 g/mol. The maximum absolute atomic E-state index is 12.7. The molecule has 0 saturated carbocycles. The minimum absolute atomic E-state index is 0.101. The number of rotatable bonds is 2. The highest BCUT2D eigenvalue weighted by molar-refractivity contribution is 5.93. The van der Waals surface area contributed by atoms with Gasteiger partial charge in [-0.15, -0.1) is 0 Å². The maximum Gasteiger partial charge on any atom is 0.417 e. The van der Waals surface area contributed by atoms with Crippen LogP contribution in [0.15, 0.2) is 30.3 Å². The van der Waals surface area contributed by atoms with Crippen molar-refractivity contribution in [1.29, 1.82) is 0 Å². The van der Waals surface area contributed by atoms with Crippen molar-refractivity contribution < 1.29 is 14.3 Å². The van der Waals surface area contributed by atoms with Crippen LogP contribution in [0.2, 0.25) is 0 Å². The number of nitrogens with one attached hydrogen (secondary N) is 1. The number of benzene rings is 1. The Kier molecular flexibility index (Phi) is 4.29. The number of methoxy groups -OCH3 is 1. The average molecular weight is 303 g/mol. The molecule has 2 saturated heterocycles. The molecule has 22 heavy (non-hydrogen) atoms. The van der Waals surface area contributed by atoms with Crippen LogP contribution < -0.4 is 5.32 Å². The van der Waals surface area contributed by atoms with Crippen LogP contribution in [0.25, 0.3) is 0 Å². The second kappa shape index (κ2) is 6.36. The average Bonchev–Trinajstić information content (AvgIpc) is 2.93. The molecule has 0 aromatic heterocycles. The molecule has 0 bridgehead atoms. The number of piperidine rings is 1. The lowest BCUT2D eigenvalue weighted by Crippen LogP contribution is -2.46. The third kappa shape index (κ3) is 2.66. The Balaban J connectivity index is 1.90. The van der Waals surface area contributed by atoms with Gasteiger partial charge >= 0.3 is 12.1 Å². The van der Waals surface area contributed by atoms with Crippen molar-refractivity contribution in [3.8, 4) is 0 Å². The van der Waals surface area contributed by atoms with Gasteiger partial charge < -0.3 is 15.0 Å². The summed E-state index contributed by atoms with van der Waals surface area (Å²) in [4.78, 5) is 27.7. The van der Waals surface area contributed by atoms with Crippen LogP contribution in [0.5, 0.6) is 0 Å². The predicted molar refractivity (Wildman–Crippen MR) is 81.4 cm³/mol. The number of nitrogens with zero attached hydrogens (tertiary/aromatic N) is 2. The van der Waals surface area contributed by atoms with Crippen molar-refractivity contribution in [2.75, 3.05) is 26.7 Å². The molecule has 6 nitrogen and oxygen atoms in total. The first-order chi connectivity index (χ1) is 10.7. The van der Waals surface area contributed by atoms with Gasteiger partial charge in [-0.2, -0.15) is 0 Å². The number of urea groups is 1. The molecule has 2 aliphatic rings. The van der Waals surface area contributed by atoms with Gasteiger partial charge in [-0.3, -0.25) is 0 Å².